The first-order chi connectivity index (χ1) is 5.70. The second-order valence-corrected chi connectivity index (χ2v) is 4.19. The second-order valence-electron chi connectivity index (χ2n) is 3.28. The van der Waals surface area contributed by atoms with Crippen molar-refractivity contribution >= 4 is 11.8 Å². The van der Waals surface area contributed by atoms with E-state index >= 15 is 0 Å². The lowest BCUT2D eigenvalue weighted by molar-refractivity contribution is 0.166. The SMILES string of the molecule is CCC(O)CNCC(C)CSC. The van der Waals surface area contributed by atoms with E-state index in [0.29, 0.717) is 5.92 Å². The van der Waals surface area contributed by atoms with Gasteiger partial charge in [0.25, 0.3) is 0 Å². The fourth-order valence-corrected chi connectivity index (χ4v) is 1.67. The van der Waals surface area contributed by atoms with E-state index < -0.39 is 0 Å². The molecule has 0 aromatic carbocycles. The quantitative estimate of drug-likeness (QED) is 0.637. The van der Waals surface area contributed by atoms with Gasteiger partial charge in [0.1, 0.15) is 0 Å². The Bertz CT molecular complexity index is 101. The van der Waals surface area contributed by atoms with Crippen molar-refractivity contribution in [2.45, 2.75) is 26.4 Å². The van der Waals surface area contributed by atoms with Gasteiger partial charge in [-0.15, -0.1) is 0 Å². The zero-order valence-electron chi connectivity index (χ0n) is 8.34. The van der Waals surface area contributed by atoms with Gasteiger partial charge in [0.15, 0.2) is 0 Å². The van der Waals surface area contributed by atoms with E-state index in [1.807, 2.05) is 18.7 Å². The minimum absolute atomic E-state index is 0.175. The molecule has 0 saturated heterocycles. The van der Waals surface area contributed by atoms with Crippen LogP contribution in [0.4, 0.5) is 0 Å². The molecule has 0 aromatic heterocycles. The minimum atomic E-state index is -0.175. The highest BCUT2D eigenvalue weighted by atomic mass is 32.2. The minimum Gasteiger partial charge on any atom is -0.392 e. The van der Waals surface area contributed by atoms with Gasteiger partial charge in [-0.25, -0.2) is 0 Å². The van der Waals surface area contributed by atoms with Crippen LogP contribution in [0.3, 0.4) is 0 Å². The molecule has 0 rings (SSSR count). The fraction of sp³-hybridized carbons (Fsp3) is 1.00. The van der Waals surface area contributed by atoms with Crippen LogP contribution < -0.4 is 5.32 Å². The molecule has 0 amide bonds. The Kier molecular flexibility index (Phi) is 8.07. The summed E-state index contributed by atoms with van der Waals surface area (Å²) in [6, 6.07) is 0. The van der Waals surface area contributed by atoms with E-state index in [4.69, 9.17) is 0 Å². The predicted molar refractivity (Wildman–Crippen MR) is 56.7 cm³/mol. The second kappa shape index (κ2) is 7.90. The number of aliphatic hydroxyl groups excluding tert-OH is 1. The van der Waals surface area contributed by atoms with E-state index in [0.717, 1.165) is 19.5 Å². The summed E-state index contributed by atoms with van der Waals surface area (Å²) < 4.78 is 0. The van der Waals surface area contributed by atoms with E-state index in [1.54, 1.807) is 0 Å². The molecule has 0 fully saturated rings. The number of rotatable bonds is 7. The van der Waals surface area contributed by atoms with Crippen molar-refractivity contribution in [1.29, 1.82) is 0 Å². The summed E-state index contributed by atoms with van der Waals surface area (Å²) in [5.41, 5.74) is 0. The maximum absolute atomic E-state index is 9.23. The van der Waals surface area contributed by atoms with Crippen LogP contribution in [0.25, 0.3) is 0 Å². The van der Waals surface area contributed by atoms with Gasteiger partial charge in [-0.3, -0.25) is 0 Å². The third kappa shape index (κ3) is 6.95. The maximum atomic E-state index is 9.23. The lowest BCUT2D eigenvalue weighted by Crippen LogP contribution is -2.30. The first-order valence-electron chi connectivity index (χ1n) is 4.58. The van der Waals surface area contributed by atoms with E-state index in [1.165, 1.54) is 5.75 Å². The van der Waals surface area contributed by atoms with Crippen molar-refractivity contribution in [3.8, 4) is 0 Å². The topological polar surface area (TPSA) is 32.3 Å². The van der Waals surface area contributed by atoms with Crippen LogP contribution >= 0.6 is 11.8 Å². The third-order valence-corrected chi connectivity index (χ3v) is 2.70. The van der Waals surface area contributed by atoms with Gasteiger partial charge in [0.05, 0.1) is 6.10 Å². The van der Waals surface area contributed by atoms with Crippen LogP contribution in [0.2, 0.25) is 0 Å². The van der Waals surface area contributed by atoms with Gasteiger partial charge in [-0.2, -0.15) is 11.8 Å². The summed E-state index contributed by atoms with van der Waals surface area (Å²) in [7, 11) is 0. The third-order valence-electron chi connectivity index (χ3n) is 1.80. The first-order valence-corrected chi connectivity index (χ1v) is 5.97. The van der Waals surface area contributed by atoms with Gasteiger partial charge < -0.3 is 10.4 Å². The summed E-state index contributed by atoms with van der Waals surface area (Å²) >= 11 is 1.87. The molecule has 0 heterocycles. The predicted octanol–water partition coefficient (Wildman–Crippen LogP) is 1.35. The van der Waals surface area contributed by atoms with Crippen molar-refractivity contribution in [1.82, 2.24) is 5.32 Å². The average Bonchev–Trinajstić information content (AvgIpc) is 2.04. The highest BCUT2D eigenvalue weighted by Crippen LogP contribution is 2.02. The molecular weight excluding hydrogens is 170 g/mol. The smallest absolute Gasteiger partial charge is 0.0662 e. The Hall–Kier alpha value is 0.270. The molecule has 0 radical (unpaired) electrons. The van der Waals surface area contributed by atoms with Crippen LogP contribution in [0.15, 0.2) is 0 Å². The normalized spacial score (nSPS) is 16.0. The Labute approximate surface area is 80.1 Å². The zero-order chi connectivity index (χ0) is 9.40. The number of hydrogen-bond acceptors (Lipinski definition) is 3. The molecule has 12 heavy (non-hydrogen) atoms. The van der Waals surface area contributed by atoms with Gasteiger partial charge in [0, 0.05) is 6.54 Å². The van der Waals surface area contributed by atoms with E-state index in [9.17, 15) is 5.11 Å². The maximum Gasteiger partial charge on any atom is 0.0662 e. The van der Waals surface area contributed by atoms with Crippen molar-refractivity contribution in [3.63, 3.8) is 0 Å². The molecule has 2 unspecified atom stereocenters. The van der Waals surface area contributed by atoms with Crippen molar-refractivity contribution in [2.75, 3.05) is 25.1 Å². The summed E-state index contributed by atoms with van der Waals surface area (Å²) in [6.45, 7) is 5.96. The summed E-state index contributed by atoms with van der Waals surface area (Å²) in [6.07, 6.45) is 2.79. The Morgan fingerprint density at radius 2 is 2.08 bits per heavy atom. The molecule has 3 heteroatoms. The van der Waals surface area contributed by atoms with Crippen LogP contribution in [-0.4, -0.2) is 36.3 Å². The Balaban J connectivity index is 3.18. The summed E-state index contributed by atoms with van der Waals surface area (Å²) in [5.74, 6) is 1.89. The Morgan fingerprint density at radius 3 is 2.58 bits per heavy atom. The van der Waals surface area contributed by atoms with Crippen molar-refractivity contribution in [3.05, 3.63) is 0 Å². The number of hydrogen-bond donors (Lipinski definition) is 2. The van der Waals surface area contributed by atoms with Crippen molar-refractivity contribution < 1.29 is 5.11 Å². The molecule has 0 aromatic rings. The average molecular weight is 191 g/mol. The van der Waals surface area contributed by atoms with Crippen LogP contribution in [0, 0.1) is 5.92 Å². The van der Waals surface area contributed by atoms with Gasteiger partial charge >= 0.3 is 0 Å². The number of aliphatic hydroxyl groups is 1. The highest BCUT2D eigenvalue weighted by Gasteiger charge is 2.02. The van der Waals surface area contributed by atoms with Gasteiger partial charge in [0.2, 0.25) is 0 Å². The molecule has 0 aliphatic rings. The van der Waals surface area contributed by atoms with E-state index in [-0.39, 0.29) is 6.10 Å². The van der Waals surface area contributed by atoms with Crippen LogP contribution in [0.5, 0.6) is 0 Å². The standard InChI is InChI=1S/C9H21NOS/c1-4-9(11)6-10-5-8(2)7-12-3/h8-11H,4-7H2,1-3H3. The van der Waals surface area contributed by atoms with E-state index in [2.05, 4.69) is 18.5 Å². The number of thioether (sulfide) groups is 1. The molecule has 0 spiro atoms. The summed E-state index contributed by atoms with van der Waals surface area (Å²) in [5, 5.41) is 12.5. The molecular formula is C9H21NOS. The van der Waals surface area contributed by atoms with Gasteiger partial charge in [-0.1, -0.05) is 13.8 Å². The molecule has 74 valence electrons. The van der Waals surface area contributed by atoms with Gasteiger partial charge in [-0.05, 0) is 30.9 Å². The molecule has 0 bridgehead atoms. The summed E-state index contributed by atoms with van der Waals surface area (Å²) in [4.78, 5) is 0. The molecule has 0 aliphatic heterocycles. The van der Waals surface area contributed by atoms with Crippen molar-refractivity contribution in [2.24, 2.45) is 5.92 Å². The molecule has 2 atom stereocenters. The monoisotopic (exact) mass is 191 g/mol. The largest absolute Gasteiger partial charge is 0.392 e. The first kappa shape index (κ1) is 12.3. The lowest BCUT2D eigenvalue weighted by atomic mass is 10.2. The molecule has 2 N–H and O–H groups in total. The van der Waals surface area contributed by atoms with Crippen LogP contribution in [-0.2, 0) is 0 Å². The molecule has 2 nitrogen and oxygen atoms in total. The lowest BCUT2D eigenvalue weighted by Gasteiger charge is -2.13. The highest BCUT2D eigenvalue weighted by molar-refractivity contribution is 7.98. The number of nitrogens with one attached hydrogen (secondary N) is 1. The molecule has 0 aliphatic carbocycles. The zero-order valence-corrected chi connectivity index (χ0v) is 9.16. The Morgan fingerprint density at radius 1 is 1.42 bits per heavy atom. The molecule has 0 saturated carbocycles. The fourth-order valence-electron chi connectivity index (χ4n) is 0.984. The van der Waals surface area contributed by atoms with Crippen LogP contribution in [0.1, 0.15) is 20.3 Å².